The van der Waals surface area contributed by atoms with E-state index in [1.54, 1.807) is 12.1 Å². The van der Waals surface area contributed by atoms with Gasteiger partial charge in [-0.05, 0) is 30.0 Å². The standard InChI is InChI=1S/C11H15NOS/c1-8(6-11(12)14)5-9-3-2-4-10(13)7-9/h2-4,7-8,13H,5-6H2,1H3,(H2,12,14). The molecule has 3 N–H and O–H groups in total. The number of nitrogens with two attached hydrogens (primary N) is 1. The lowest BCUT2D eigenvalue weighted by atomic mass is 9.98. The van der Waals surface area contributed by atoms with Crippen LogP contribution in [-0.2, 0) is 6.42 Å². The highest BCUT2D eigenvalue weighted by Gasteiger charge is 2.05. The van der Waals surface area contributed by atoms with Crippen LogP contribution in [0.4, 0.5) is 0 Å². The Morgan fingerprint density at radius 1 is 1.57 bits per heavy atom. The molecule has 0 spiro atoms. The van der Waals surface area contributed by atoms with Gasteiger partial charge in [-0.25, -0.2) is 0 Å². The molecule has 0 amide bonds. The molecule has 76 valence electrons. The summed E-state index contributed by atoms with van der Waals surface area (Å²) in [6.45, 7) is 2.10. The minimum atomic E-state index is 0.310. The van der Waals surface area contributed by atoms with Crippen molar-refractivity contribution < 1.29 is 5.11 Å². The van der Waals surface area contributed by atoms with Gasteiger partial charge in [0.1, 0.15) is 5.75 Å². The Bertz CT molecular complexity index is 325. The molecular weight excluding hydrogens is 194 g/mol. The molecule has 0 fully saturated rings. The van der Waals surface area contributed by atoms with Crippen LogP contribution in [0.2, 0.25) is 0 Å². The molecule has 14 heavy (non-hydrogen) atoms. The van der Waals surface area contributed by atoms with Gasteiger partial charge in [0.25, 0.3) is 0 Å². The van der Waals surface area contributed by atoms with Gasteiger partial charge in [0.2, 0.25) is 0 Å². The third-order valence-corrected chi connectivity index (χ3v) is 2.21. The summed E-state index contributed by atoms with van der Waals surface area (Å²) >= 11 is 4.84. The van der Waals surface area contributed by atoms with Crippen molar-refractivity contribution in [2.45, 2.75) is 19.8 Å². The molecular formula is C11H15NOS. The first-order valence-electron chi connectivity index (χ1n) is 4.64. The molecule has 2 nitrogen and oxygen atoms in total. The number of phenols is 1. The van der Waals surface area contributed by atoms with Gasteiger partial charge in [-0.3, -0.25) is 0 Å². The van der Waals surface area contributed by atoms with Crippen LogP contribution >= 0.6 is 12.2 Å². The number of aromatic hydroxyl groups is 1. The summed E-state index contributed by atoms with van der Waals surface area (Å²) < 4.78 is 0. The van der Waals surface area contributed by atoms with Gasteiger partial charge in [-0.15, -0.1) is 0 Å². The maximum Gasteiger partial charge on any atom is 0.115 e. The van der Waals surface area contributed by atoms with Gasteiger partial charge in [0.05, 0.1) is 4.99 Å². The van der Waals surface area contributed by atoms with Crippen LogP contribution in [-0.4, -0.2) is 10.1 Å². The lowest BCUT2D eigenvalue weighted by Crippen LogP contribution is -2.13. The summed E-state index contributed by atoms with van der Waals surface area (Å²) in [4.78, 5) is 0.553. The molecule has 1 unspecified atom stereocenters. The van der Waals surface area contributed by atoms with Crippen molar-refractivity contribution in [2.75, 3.05) is 0 Å². The quantitative estimate of drug-likeness (QED) is 0.748. The van der Waals surface area contributed by atoms with E-state index in [0.29, 0.717) is 16.7 Å². The number of benzene rings is 1. The summed E-state index contributed by atoms with van der Waals surface area (Å²) in [6.07, 6.45) is 1.65. The number of hydrogen-bond acceptors (Lipinski definition) is 2. The van der Waals surface area contributed by atoms with E-state index in [1.807, 2.05) is 12.1 Å². The zero-order valence-electron chi connectivity index (χ0n) is 8.23. The minimum Gasteiger partial charge on any atom is -0.508 e. The largest absolute Gasteiger partial charge is 0.508 e. The molecule has 1 aromatic rings. The average molecular weight is 209 g/mol. The summed E-state index contributed by atoms with van der Waals surface area (Å²) in [5.41, 5.74) is 6.58. The van der Waals surface area contributed by atoms with Crippen molar-refractivity contribution in [1.29, 1.82) is 0 Å². The molecule has 0 aliphatic carbocycles. The van der Waals surface area contributed by atoms with Gasteiger partial charge in [-0.1, -0.05) is 31.3 Å². The van der Waals surface area contributed by atoms with Gasteiger partial charge in [0.15, 0.2) is 0 Å². The summed E-state index contributed by atoms with van der Waals surface area (Å²) in [5.74, 6) is 0.735. The molecule has 1 rings (SSSR count). The second-order valence-corrected chi connectivity index (χ2v) is 4.17. The molecule has 0 saturated carbocycles. The number of hydrogen-bond donors (Lipinski definition) is 2. The Kier molecular flexibility index (Phi) is 3.89. The van der Waals surface area contributed by atoms with E-state index in [1.165, 1.54) is 0 Å². The van der Waals surface area contributed by atoms with Crippen LogP contribution in [0.1, 0.15) is 18.9 Å². The topological polar surface area (TPSA) is 46.2 Å². The van der Waals surface area contributed by atoms with Crippen LogP contribution < -0.4 is 5.73 Å². The van der Waals surface area contributed by atoms with E-state index < -0.39 is 0 Å². The van der Waals surface area contributed by atoms with Crippen molar-refractivity contribution in [2.24, 2.45) is 11.7 Å². The maximum absolute atomic E-state index is 9.26. The SMILES string of the molecule is CC(CC(N)=S)Cc1cccc(O)c1. The molecule has 1 aromatic carbocycles. The number of thiocarbonyl (C=S) groups is 1. The first-order chi connectivity index (χ1) is 6.58. The fourth-order valence-electron chi connectivity index (χ4n) is 1.50. The van der Waals surface area contributed by atoms with E-state index in [0.717, 1.165) is 18.4 Å². The Morgan fingerprint density at radius 2 is 2.29 bits per heavy atom. The van der Waals surface area contributed by atoms with E-state index in [4.69, 9.17) is 18.0 Å². The van der Waals surface area contributed by atoms with Gasteiger partial charge in [0, 0.05) is 6.42 Å². The molecule has 0 radical (unpaired) electrons. The highest BCUT2D eigenvalue weighted by atomic mass is 32.1. The predicted molar refractivity (Wildman–Crippen MR) is 62.4 cm³/mol. The smallest absolute Gasteiger partial charge is 0.115 e. The lowest BCUT2D eigenvalue weighted by molar-refractivity contribution is 0.473. The fraction of sp³-hybridized carbons (Fsp3) is 0.364. The van der Waals surface area contributed by atoms with Crippen molar-refractivity contribution in [3.63, 3.8) is 0 Å². The zero-order chi connectivity index (χ0) is 10.6. The van der Waals surface area contributed by atoms with Crippen LogP contribution in [0.25, 0.3) is 0 Å². The molecule has 0 aliphatic heterocycles. The fourth-order valence-corrected chi connectivity index (χ4v) is 1.79. The molecule has 3 heteroatoms. The summed E-state index contributed by atoms with van der Waals surface area (Å²) in [5, 5.41) is 9.26. The van der Waals surface area contributed by atoms with Crippen molar-refractivity contribution in [3.8, 4) is 5.75 Å². The van der Waals surface area contributed by atoms with Gasteiger partial charge < -0.3 is 10.8 Å². The molecule has 1 atom stereocenters. The van der Waals surface area contributed by atoms with E-state index in [2.05, 4.69) is 6.92 Å². The van der Waals surface area contributed by atoms with Gasteiger partial charge >= 0.3 is 0 Å². The second-order valence-electron chi connectivity index (χ2n) is 3.65. The maximum atomic E-state index is 9.26. The van der Waals surface area contributed by atoms with Crippen molar-refractivity contribution >= 4 is 17.2 Å². The summed E-state index contributed by atoms with van der Waals surface area (Å²) in [7, 11) is 0. The van der Waals surface area contributed by atoms with Crippen LogP contribution in [0, 0.1) is 5.92 Å². The lowest BCUT2D eigenvalue weighted by Gasteiger charge is -2.10. The van der Waals surface area contributed by atoms with Crippen LogP contribution in [0.3, 0.4) is 0 Å². The first kappa shape index (κ1) is 11.0. The number of phenolic OH excluding ortho intramolecular Hbond substituents is 1. The first-order valence-corrected chi connectivity index (χ1v) is 5.05. The minimum absolute atomic E-state index is 0.310. The third-order valence-electron chi connectivity index (χ3n) is 2.04. The molecule has 0 saturated heterocycles. The van der Waals surface area contributed by atoms with E-state index in [-0.39, 0.29) is 0 Å². The van der Waals surface area contributed by atoms with Crippen LogP contribution in [0.15, 0.2) is 24.3 Å². The van der Waals surface area contributed by atoms with Gasteiger partial charge in [-0.2, -0.15) is 0 Å². The Labute approximate surface area is 89.7 Å². The Morgan fingerprint density at radius 3 is 2.86 bits per heavy atom. The van der Waals surface area contributed by atoms with E-state index in [9.17, 15) is 5.11 Å². The average Bonchev–Trinajstić information content (AvgIpc) is 2.01. The molecule has 0 bridgehead atoms. The van der Waals surface area contributed by atoms with Crippen molar-refractivity contribution in [3.05, 3.63) is 29.8 Å². The molecule has 0 aliphatic rings. The highest BCUT2D eigenvalue weighted by Crippen LogP contribution is 2.16. The monoisotopic (exact) mass is 209 g/mol. The molecule has 0 aromatic heterocycles. The highest BCUT2D eigenvalue weighted by molar-refractivity contribution is 7.80. The van der Waals surface area contributed by atoms with Crippen molar-refractivity contribution in [1.82, 2.24) is 0 Å². The molecule has 0 heterocycles. The van der Waals surface area contributed by atoms with Crippen LogP contribution in [0.5, 0.6) is 5.75 Å². The Hall–Kier alpha value is -1.09. The van der Waals surface area contributed by atoms with E-state index >= 15 is 0 Å². The predicted octanol–water partition coefficient (Wildman–Crippen LogP) is 2.25. The Balaban J connectivity index is 2.55. The zero-order valence-corrected chi connectivity index (χ0v) is 9.05. The normalized spacial score (nSPS) is 12.4. The second kappa shape index (κ2) is 4.96. The third kappa shape index (κ3) is 3.75. The number of rotatable bonds is 4. The summed E-state index contributed by atoms with van der Waals surface area (Å²) in [6, 6.07) is 7.28.